The Labute approximate surface area is 233 Å². The van der Waals surface area contributed by atoms with E-state index in [1.807, 2.05) is 36.4 Å². The van der Waals surface area contributed by atoms with Crippen LogP contribution in [0.15, 0.2) is 67.0 Å². The molecule has 4 heterocycles. The number of nitrogens with zero attached hydrogens (tertiary/aromatic N) is 5. The number of hydrogen-bond acceptors (Lipinski definition) is 9. The van der Waals surface area contributed by atoms with Gasteiger partial charge in [-0.25, -0.2) is 4.98 Å². The predicted molar refractivity (Wildman–Crippen MR) is 152 cm³/mol. The number of benzene rings is 2. The Kier molecular flexibility index (Phi) is 7.41. The summed E-state index contributed by atoms with van der Waals surface area (Å²) in [6.07, 6.45) is -0.656. The number of aliphatic hydroxyl groups is 3. The number of anilines is 2. The molecule has 2 aliphatic rings. The molecule has 0 radical (unpaired) electrons. The third-order valence-corrected chi connectivity index (χ3v) is 8.26. The molecule has 4 aromatic rings. The van der Waals surface area contributed by atoms with E-state index in [0.717, 1.165) is 12.8 Å². The minimum Gasteiger partial charge on any atom is -0.394 e. The SMILES string of the molecule is CC1CCC(C)N1c1nc(NCC(c2ccccc2)c2ccccc2)c2ncn([C@@H]3O[C@H](CO)[C@@H](O)[C@H]3O)c2n1. The van der Waals surface area contributed by atoms with E-state index in [-0.39, 0.29) is 18.0 Å². The number of rotatable bonds is 8. The van der Waals surface area contributed by atoms with Gasteiger partial charge in [-0.2, -0.15) is 9.97 Å². The summed E-state index contributed by atoms with van der Waals surface area (Å²) in [5.74, 6) is 1.24. The Balaban J connectivity index is 1.41. The molecule has 2 aromatic carbocycles. The minimum atomic E-state index is -1.24. The van der Waals surface area contributed by atoms with Crippen molar-refractivity contribution < 1.29 is 20.1 Å². The summed E-state index contributed by atoms with van der Waals surface area (Å²) < 4.78 is 7.46. The summed E-state index contributed by atoms with van der Waals surface area (Å²) in [5.41, 5.74) is 3.40. The average molecular weight is 545 g/mol. The molecule has 0 bridgehead atoms. The first-order chi connectivity index (χ1) is 19.5. The molecule has 0 amide bonds. The lowest BCUT2D eigenvalue weighted by atomic mass is 9.91. The smallest absolute Gasteiger partial charge is 0.229 e. The first-order valence-electron chi connectivity index (χ1n) is 14.0. The molecule has 2 saturated heterocycles. The van der Waals surface area contributed by atoms with Crippen LogP contribution in [-0.2, 0) is 4.74 Å². The van der Waals surface area contributed by atoms with Crippen molar-refractivity contribution >= 4 is 22.9 Å². The lowest BCUT2D eigenvalue weighted by Crippen LogP contribution is -2.34. The molecule has 6 atom stereocenters. The van der Waals surface area contributed by atoms with E-state index < -0.39 is 31.1 Å². The molecule has 10 heteroatoms. The van der Waals surface area contributed by atoms with Crippen LogP contribution in [0.4, 0.5) is 11.8 Å². The number of aliphatic hydroxyl groups excluding tert-OH is 3. The Morgan fingerprint density at radius 3 is 2.12 bits per heavy atom. The van der Waals surface area contributed by atoms with Crippen molar-refractivity contribution in [3.8, 4) is 0 Å². The first-order valence-corrected chi connectivity index (χ1v) is 14.0. The van der Waals surface area contributed by atoms with Crippen LogP contribution in [0.5, 0.6) is 0 Å². The normalized spacial score (nSPS) is 26.7. The van der Waals surface area contributed by atoms with Crippen molar-refractivity contribution in [2.45, 2.75) is 69.2 Å². The average Bonchev–Trinajstić information content (AvgIpc) is 3.64. The number of imidazole rings is 1. The Morgan fingerprint density at radius 2 is 1.55 bits per heavy atom. The highest BCUT2D eigenvalue weighted by Gasteiger charge is 2.44. The molecule has 0 spiro atoms. The van der Waals surface area contributed by atoms with Crippen LogP contribution in [0.3, 0.4) is 0 Å². The fourth-order valence-electron chi connectivity index (χ4n) is 6.03. The zero-order valence-electron chi connectivity index (χ0n) is 22.7. The van der Waals surface area contributed by atoms with Crippen molar-refractivity contribution in [3.63, 3.8) is 0 Å². The summed E-state index contributed by atoms with van der Waals surface area (Å²) in [6, 6.07) is 21.3. The maximum absolute atomic E-state index is 10.7. The van der Waals surface area contributed by atoms with Crippen LogP contribution in [0, 0.1) is 0 Å². The number of ether oxygens (including phenoxy) is 1. The molecule has 2 fully saturated rings. The Morgan fingerprint density at radius 1 is 0.925 bits per heavy atom. The van der Waals surface area contributed by atoms with Crippen LogP contribution in [0.25, 0.3) is 11.2 Å². The predicted octanol–water partition coefficient (Wildman–Crippen LogP) is 3.06. The van der Waals surface area contributed by atoms with Gasteiger partial charge in [0.2, 0.25) is 5.95 Å². The maximum Gasteiger partial charge on any atom is 0.229 e. The second-order valence-corrected chi connectivity index (χ2v) is 10.9. The van der Waals surface area contributed by atoms with Gasteiger partial charge in [0, 0.05) is 24.5 Å². The highest BCUT2D eigenvalue weighted by atomic mass is 16.6. The summed E-state index contributed by atoms with van der Waals surface area (Å²) >= 11 is 0. The van der Waals surface area contributed by atoms with Crippen LogP contribution >= 0.6 is 0 Å². The highest BCUT2D eigenvalue weighted by Crippen LogP contribution is 2.35. The van der Waals surface area contributed by atoms with Gasteiger partial charge in [0.1, 0.15) is 18.3 Å². The van der Waals surface area contributed by atoms with Gasteiger partial charge in [0.25, 0.3) is 0 Å². The summed E-state index contributed by atoms with van der Waals surface area (Å²) in [6.45, 7) is 4.52. The quantitative estimate of drug-likeness (QED) is 0.265. The van der Waals surface area contributed by atoms with E-state index in [0.29, 0.717) is 29.5 Å². The topological polar surface area (TPSA) is 129 Å². The lowest BCUT2D eigenvalue weighted by molar-refractivity contribution is -0.0511. The van der Waals surface area contributed by atoms with Gasteiger partial charge >= 0.3 is 0 Å². The van der Waals surface area contributed by atoms with Gasteiger partial charge < -0.3 is 30.3 Å². The fraction of sp³-hybridized carbons (Fsp3) is 0.433. The van der Waals surface area contributed by atoms with Gasteiger partial charge in [-0.15, -0.1) is 0 Å². The van der Waals surface area contributed by atoms with Gasteiger partial charge in [0.05, 0.1) is 12.9 Å². The second kappa shape index (κ2) is 11.1. The molecule has 210 valence electrons. The molecule has 0 aliphatic carbocycles. The van der Waals surface area contributed by atoms with Crippen molar-refractivity contribution in [2.75, 3.05) is 23.4 Å². The molecule has 2 aliphatic heterocycles. The number of fused-ring (bicyclic) bond motifs is 1. The molecule has 10 nitrogen and oxygen atoms in total. The lowest BCUT2D eigenvalue weighted by Gasteiger charge is -2.27. The van der Waals surface area contributed by atoms with Crippen LogP contribution < -0.4 is 10.2 Å². The third-order valence-electron chi connectivity index (χ3n) is 8.26. The third kappa shape index (κ3) is 4.81. The molecule has 4 N–H and O–H groups in total. The van der Waals surface area contributed by atoms with Gasteiger partial charge in [-0.1, -0.05) is 60.7 Å². The van der Waals surface area contributed by atoms with Crippen molar-refractivity contribution in [3.05, 3.63) is 78.1 Å². The van der Waals surface area contributed by atoms with Crippen LogP contribution in [0.1, 0.15) is 50.0 Å². The molecule has 40 heavy (non-hydrogen) atoms. The monoisotopic (exact) mass is 544 g/mol. The standard InChI is InChI=1S/C30H36N6O4/c1-18-13-14-19(2)36(18)30-33-27(31-15-22(20-9-5-3-6-10-20)21-11-7-4-8-12-21)24-28(34-30)35(17-32-24)29-26(39)25(38)23(16-37)40-29/h3-12,17-19,22-23,25-26,29,37-39H,13-16H2,1-2H3,(H,31,33,34)/t18?,19?,23-,25-,26-,29-/m1/s1. The minimum absolute atomic E-state index is 0.0723. The summed E-state index contributed by atoms with van der Waals surface area (Å²) in [5, 5.41) is 34.3. The molecular weight excluding hydrogens is 508 g/mol. The Hall–Kier alpha value is -3.57. The first kappa shape index (κ1) is 26.6. The molecule has 6 rings (SSSR count). The van der Waals surface area contributed by atoms with Crippen molar-refractivity contribution in [2.24, 2.45) is 0 Å². The molecule has 2 aromatic heterocycles. The zero-order chi connectivity index (χ0) is 27.8. The Bertz CT molecular complexity index is 1380. The number of aromatic nitrogens is 4. The fourth-order valence-corrected chi connectivity index (χ4v) is 6.03. The van der Waals surface area contributed by atoms with Crippen LogP contribution in [0.2, 0.25) is 0 Å². The van der Waals surface area contributed by atoms with Gasteiger partial charge in [-0.05, 0) is 37.8 Å². The molecular formula is C30H36N6O4. The number of hydrogen-bond donors (Lipinski definition) is 4. The maximum atomic E-state index is 10.7. The summed E-state index contributed by atoms with van der Waals surface area (Å²) in [4.78, 5) is 16.8. The van der Waals surface area contributed by atoms with E-state index in [4.69, 9.17) is 14.7 Å². The van der Waals surface area contributed by atoms with E-state index >= 15 is 0 Å². The molecule has 0 saturated carbocycles. The van der Waals surface area contributed by atoms with Crippen molar-refractivity contribution in [1.82, 2.24) is 19.5 Å². The van der Waals surface area contributed by atoms with E-state index in [1.165, 1.54) is 11.1 Å². The molecule has 2 unspecified atom stereocenters. The van der Waals surface area contributed by atoms with E-state index in [1.54, 1.807) is 10.9 Å². The van der Waals surface area contributed by atoms with Crippen LogP contribution in [-0.4, -0.2) is 78.4 Å². The summed E-state index contributed by atoms with van der Waals surface area (Å²) in [7, 11) is 0. The van der Waals surface area contributed by atoms with E-state index in [9.17, 15) is 15.3 Å². The zero-order valence-corrected chi connectivity index (χ0v) is 22.7. The van der Waals surface area contributed by atoms with E-state index in [2.05, 4.69) is 53.3 Å². The second-order valence-electron chi connectivity index (χ2n) is 10.9. The van der Waals surface area contributed by atoms with Gasteiger partial charge in [-0.3, -0.25) is 4.57 Å². The highest BCUT2D eigenvalue weighted by molar-refractivity contribution is 5.84. The number of nitrogens with one attached hydrogen (secondary N) is 1. The van der Waals surface area contributed by atoms with Crippen molar-refractivity contribution in [1.29, 1.82) is 0 Å². The van der Waals surface area contributed by atoms with Gasteiger partial charge in [0.15, 0.2) is 23.2 Å². The largest absolute Gasteiger partial charge is 0.394 e.